The van der Waals surface area contributed by atoms with Gasteiger partial charge in [0.15, 0.2) is 0 Å². The van der Waals surface area contributed by atoms with Gasteiger partial charge in [-0.25, -0.2) is 15.0 Å². The summed E-state index contributed by atoms with van der Waals surface area (Å²) in [5.74, 6) is 1.09. The van der Waals surface area contributed by atoms with Gasteiger partial charge in [-0.05, 0) is 30.9 Å². The molecule has 0 aliphatic carbocycles. The van der Waals surface area contributed by atoms with Gasteiger partial charge in [0, 0.05) is 13.1 Å². The molecule has 0 atom stereocenters. The van der Waals surface area contributed by atoms with Crippen LogP contribution in [-0.2, 0) is 11.3 Å². The van der Waals surface area contributed by atoms with Gasteiger partial charge in [-0.3, -0.25) is 14.2 Å². The Hall–Kier alpha value is -3.29. The Morgan fingerprint density at radius 3 is 2.61 bits per heavy atom. The molecule has 0 radical (unpaired) electrons. The average molecular weight is 378 g/mol. The Labute approximate surface area is 162 Å². The van der Waals surface area contributed by atoms with E-state index in [1.807, 2.05) is 6.07 Å². The number of nitrogens with one attached hydrogen (secondary N) is 1. The van der Waals surface area contributed by atoms with Gasteiger partial charge in [0.1, 0.15) is 6.54 Å². The molecule has 0 spiro atoms. The van der Waals surface area contributed by atoms with Crippen molar-refractivity contribution in [2.45, 2.75) is 26.3 Å². The van der Waals surface area contributed by atoms with E-state index in [-0.39, 0.29) is 18.0 Å². The van der Waals surface area contributed by atoms with Crippen molar-refractivity contribution in [3.8, 4) is 0 Å². The summed E-state index contributed by atoms with van der Waals surface area (Å²) >= 11 is 0. The third-order valence-corrected chi connectivity index (χ3v) is 5.03. The summed E-state index contributed by atoms with van der Waals surface area (Å²) in [5.41, 5.74) is 0.868. The van der Waals surface area contributed by atoms with Crippen LogP contribution in [0, 0.1) is 5.92 Å². The molecule has 1 N–H and O–H groups in total. The molecular weight excluding hydrogens is 356 g/mol. The third-order valence-electron chi connectivity index (χ3n) is 5.03. The Morgan fingerprint density at radius 2 is 1.86 bits per heavy atom. The molecule has 2 aromatic heterocycles. The lowest BCUT2D eigenvalue weighted by Crippen LogP contribution is -2.34. The van der Waals surface area contributed by atoms with E-state index in [1.54, 1.807) is 30.6 Å². The standard InChI is InChI=1S/C20H22N6O2/c1-14-6-8-25(9-7-14)20-21-10-15(11-22-20)24-18(27)12-26-13-23-17-5-3-2-4-16(17)19(26)28/h2-5,10-11,13-14H,6-9,12H2,1H3,(H,24,27). The minimum Gasteiger partial charge on any atom is -0.341 e. The average Bonchev–Trinajstić information content (AvgIpc) is 2.71. The molecule has 1 aliphatic rings. The van der Waals surface area contributed by atoms with E-state index < -0.39 is 0 Å². The molecule has 0 saturated carbocycles. The summed E-state index contributed by atoms with van der Waals surface area (Å²) in [5, 5.41) is 3.22. The van der Waals surface area contributed by atoms with Crippen LogP contribution in [0.5, 0.6) is 0 Å². The Balaban J connectivity index is 1.41. The second kappa shape index (κ2) is 7.75. The number of carbonyl (C=O) groups excluding carboxylic acids is 1. The van der Waals surface area contributed by atoms with Crippen molar-refractivity contribution in [1.82, 2.24) is 19.5 Å². The van der Waals surface area contributed by atoms with Crippen LogP contribution in [0.1, 0.15) is 19.8 Å². The van der Waals surface area contributed by atoms with Crippen molar-refractivity contribution in [2.75, 3.05) is 23.3 Å². The molecule has 28 heavy (non-hydrogen) atoms. The molecule has 4 rings (SSSR count). The topological polar surface area (TPSA) is 93.0 Å². The first-order chi connectivity index (χ1) is 13.6. The number of fused-ring (bicyclic) bond motifs is 1. The smallest absolute Gasteiger partial charge is 0.261 e. The van der Waals surface area contributed by atoms with Crippen molar-refractivity contribution in [2.24, 2.45) is 5.92 Å². The summed E-state index contributed by atoms with van der Waals surface area (Å²) in [7, 11) is 0. The van der Waals surface area contributed by atoms with Crippen LogP contribution in [-0.4, -0.2) is 38.5 Å². The largest absolute Gasteiger partial charge is 0.341 e. The summed E-state index contributed by atoms with van der Waals surface area (Å²) in [6, 6.07) is 7.06. The predicted octanol–water partition coefficient (Wildman–Crippen LogP) is 2.06. The number of rotatable bonds is 4. The van der Waals surface area contributed by atoms with Crippen molar-refractivity contribution in [1.29, 1.82) is 0 Å². The van der Waals surface area contributed by atoms with Crippen LogP contribution in [0.3, 0.4) is 0 Å². The van der Waals surface area contributed by atoms with Crippen molar-refractivity contribution in [3.63, 3.8) is 0 Å². The third kappa shape index (κ3) is 3.85. The van der Waals surface area contributed by atoms with Gasteiger partial charge >= 0.3 is 0 Å². The highest BCUT2D eigenvalue weighted by molar-refractivity contribution is 5.90. The predicted molar refractivity (Wildman–Crippen MR) is 107 cm³/mol. The Bertz CT molecular complexity index is 1040. The van der Waals surface area contributed by atoms with Crippen LogP contribution in [0.15, 0.2) is 47.8 Å². The number of anilines is 2. The van der Waals surface area contributed by atoms with E-state index in [9.17, 15) is 9.59 Å². The fourth-order valence-electron chi connectivity index (χ4n) is 3.33. The monoisotopic (exact) mass is 378 g/mol. The second-order valence-corrected chi connectivity index (χ2v) is 7.18. The molecular formula is C20H22N6O2. The van der Waals surface area contributed by atoms with Crippen LogP contribution in [0.4, 0.5) is 11.6 Å². The maximum absolute atomic E-state index is 12.5. The van der Waals surface area contributed by atoms with Gasteiger partial charge < -0.3 is 10.2 Å². The van der Waals surface area contributed by atoms with Gasteiger partial charge in [-0.1, -0.05) is 19.1 Å². The lowest BCUT2D eigenvalue weighted by Gasteiger charge is -2.30. The number of piperidine rings is 1. The number of para-hydroxylation sites is 1. The number of amides is 1. The first kappa shape index (κ1) is 18.1. The van der Waals surface area contributed by atoms with Crippen molar-refractivity contribution >= 4 is 28.4 Å². The lowest BCUT2D eigenvalue weighted by atomic mass is 10.00. The zero-order valence-electron chi connectivity index (χ0n) is 15.7. The number of hydrogen-bond acceptors (Lipinski definition) is 6. The summed E-state index contributed by atoms with van der Waals surface area (Å²) in [4.78, 5) is 39.9. The molecule has 8 nitrogen and oxygen atoms in total. The normalized spacial score (nSPS) is 15.0. The number of benzene rings is 1. The highest BCUT2D eigenvalue weighted by atomic mass is 16.2. The minimum atomic E-state index is -0.331. The van der Waals surface area contributed by atoms with Gasteiger partial charge in [-0.2, -0.15) is 0 Å². The van der Waals surface area contributed by atoms with Crippen LogP contribution in [0.2, 0.25) is 0 Å². The first-order valence-electron chi connectivity index (χ1n) is 9.41. The van der Waals surface area contributed by atoms with Gasteiger partial charge in [0.25, 0.3) is 5.56 Å². The molecule has 1 aliphatic heterocycles. The van der Waals surface area contributed by atoms with E-state index in [4.69, 9.17) is 0 Å². The minimum absolute atomic E-state index is 0.123. The van der Waals surface area contributed by atoms with E-state index in [0.717, 1.165) is 31.8 Å². The summed E-state index contributed by atoms with van der Waals surface area (Å²) in [6.45, 7) is 4.03. The fraction of sp³-hybridized carbons (Fsp3) is 0.350. The van der Waals surface area contributed by atoms with Gasteiger partial charge in [0.05, 0.1) is 35.3 Å². The molecule has 3 heterocycles. The number of carbonyl (C=O) groups is 1. The molecule has 1 saturated heterocycles. The molecule has 3 aromatic rings. The number of aromatic nitrogens is 4. The van der Waals surface area contributed by atoms with E-state index in [0.29, 0.717) is 22.5 Å². The zero-order chi connectivity index (χ0) is 19.5. The Morgan fingerprint density at radius 1 is 1.14 bits per heavy atom. The number of hydrogen-bond donors (Lipinski definition) is 1. The Kier molecular flexibility index (Phi) is 5.01. The summed E-state index contributed by atoms with van der Waals surface area (Å²) in [6.07, 6.45) is 6.85. The first-order valence-corrected chi connectivity index (χ1v) is 9.41. The van der Waals surface area contributed by atoms with Gasteiger partial charge in [0.2, 0.25) is 11.9 Å². The molecule has 1 fully saturated rings. The molecule has 0 bridgehead atoms. The van der Waals surface area contributed by atoms with Crippen LogP contribution < -0.4 is 15.8 Å². The van der Waals surface area contributed by atoms with E-state index >= 15 is 0 Å². The van der Waals surface area contributed by atoms with E-state index in [2.05, 4.69) is 32.1 Å². The van der Waals surface area contributed by atoms with E-state index in [1.165, 1.54) is 10.9 Å². The maximum atomic E-state index is 12.5. The maximum Gasteiger partial charge on any atom is 0.261 e. The van der Waals surface area contributed by atoms with Crippen molar-refractivity contribution in [3.05, 3.63) is 53.3 Å². The molecule has 1 amide bonds. The quantitative estimate of drug-likeness (QED) is 0.747. The van der Waals surface area contributed by atoms with Gasteiger partial charge in [-0.15, -0.1) is 0 Å². The molecule has 0 unspecified atom stereocenters. The number of nitrogens with zero attached hydrogens (tertiary/aromatic N) is 5. The SMILES string of the molecule is CC1CCN(c2ncc(NC(=O)Cn3cnc4ccccc4c3=O)cn2)CC1. The van der Waals surface area contributed by atoms with Crippen LogP contribution in [0.25, 0.3) is 10.9 Å². The molecule has 1 aromatic carbocycles. The molecule has 144 valence electrons. The fourth-order valence-corrected chi connectivity index (χ4v) is 3.33. The lowest BCUT2D eigenvalue weighted by molar-refractivity contribution is -0.116. The highest BCUT2D eigenvalue weighted by Crippen LogP contribution is 2.20. The van der Waals surface area contributed by atoms with Crippen LogP contribution >= 0.6 is 0 Å². The molecule has 8 heteroatoms. The summed E-state index contributed by atoms with van der Waals surface area (Å²) < 4.78 is 1.29. The van der Waals surface area contributed by atoms with Crippen molar-refractivity contribution < 1.29 is 4.79 Å². The zero-order valence-corrected chi connectivity index (χ0v) is 15.7. The highest BCUT2D eigenvalue weighted by Gasteiger charge is 2.18. The second-order valence-electron chi connectivity index (χ2n) is 7.18.